The van der Waals surface area contributed by atoms with Gasteiger partial charge in [-0.2, -0.15) is 0 Å². The number of ether oxygens (including phenoxy) is 1. The third-order valence-corrected chi connectivity index (χ3v) is 3.70. The van der Waals surface area contributed by atoms with E-state index < -0.39 is 17.7 Å². The van der Waals surface area contributed by atoms with Crippen molar-refractivity contribution in [2.75, 3.05) is 26.7 Å². The van der Waals surface area contributed by atoms with Crippen molar-refractivity contribution in [2.45, 2.75) is 25.0 Å². The fraction of sp³-hybridized carbons (Fsp3) is 0.571. The Bertz CT molecular complexity index is 428. The van der Waals surface area contributed by atoms with Gasteiger partial charge in [-0.15, -0.1) is 0 Å². The van der Waals surface area contributed by atoms with Crippen LogP contribution in [0.3, 0.4) is 0 Å². The normalized spacial score (nSPS) is 21.8. The summed E-state index contributed by atoms with van der Waals surface area (Å²) in [6, 6.07) is 3.67. The lowest BCUT2D eigenvalue weighted by molar-refractivity contribution is 0.108. The first kappa shape index (κ1) is 14.4. The molecule has 1 saturated heterocycles. The number of likely N-dealkylation sites (tertiary alicyclic amines) is 1. The van der Waals surface area contributed by atoms with E-state index in [0.717, 1.165) is 32.1 Å². The highest BCUT2D eigenvalue weighted by molar-refractivity contribution is 5.22. The topological polar surface area (TPSA) is 38.5 Å². The zero-order valence-electron chi connectivity index (χ0n) is 11.1. The Hall–Kier alpha value is -1.04. The lowest BCUT2D eigenvalue weighted by Gasteiger charge is -2.19. The number of hydrogen-bond acceptors (Lipinski definition) is 3. The van der Waals surface area contributed by atoms with Crippen LogP contribution in [0.4, 0.5) is 8.78 Å². The summed E-state index contributed by atoms with van der Waals surface area (Å²) in [5, 5.41) is 0. The Labute approximate surface area is 112 Å². The van der Waals surface area contributed by atoms with Crippen molar-refractivity contribution < 1.29 is 13.5 Å². The Morgan fingerprint density at radius 3 is 2.95 bits per heavy atom. The molecule has 0 aromatic heterocycles. The van der Waals surface area contributed by atoms with Gasteiger partial charge >= 0.3 is 0 Å². The molecule has 1 heterocycles. The van der Waals surface area contributed by atoms with Crippen molar-refractivity contribution in [3.63, 3.8) is 0 Å². The van der Waals surface area contributed by atoms with Crippen LogP contribution in [0, 0.1) is 11.6 Å². The largest absolute Gasteiger partial charge is 0.380 e. The summed E-state index contributed by atoms with van der Waals surface area (Å²) in [7, 11) is 1.71. The summed E-state index contributed by atoms with van der Waals surface area (Å²) in [6.45, 7) is 2.63. The Morgan fingerprint density at radius 2 is 2.26 bits per heavy atom. The molecule has 3 nitrogen and oxygen atoms in total. The minimum absolute atomic E-state index is 0.252. The van der Waals surface area contributed by atoms with Crippen LogP contribution < -0.4 is 5.73 Å². The number of nitrogens with zero attached hydrogens (tertiary/aromatic N) is 1. The van der Waals surface area contributed by atoms with E-state index in [2.05, 4.69) is 4.90 Å². The van der Waals surface area contributed by atoms with E-state index in [9.17, 15) is 8.78 Å². The third kappa shape index (κ3) is 3.49. The zero-order chi connectivity index (χ0) is 13.8. The molecule has 2 atom stereocenters. The molecule has 5 heteroatoms. The van der Waals surface area contributed by atoms with Gasteiger partial charge in [0.1, 0.15) is 0 Å². The molecule has 2 rings (SSSR count). The standard InChI is InChI=1S/C14H20F2N2O/c1-19-10-5-7-18(9-10)8-6-13(17)11-3-2-4-12(15)14(11)16/h2-4,10,13H,5-9,17H2,1H3. The van der Waals surface area contributed by atoms with Crippen molar-refractivity contribution in [1.29, 1.82) is 0 Å². The predicted molar refractivity (Wildman–Crippen MR) is 69.8 cm³/mol. The number of benzene rings is 1. The monoisotopic (exact) mass is 270 g/mol. The van der Waals surface area contributed by atoms with Gasteiger partial charge in [0.2, 0.25) is 0 Å². The summed E-state index contributed by atoms with van der Waals surface area (Å²) in [5.41, 5.74) is 6.20. The molecule has 0 aliphatic carbocycles. The van der Waals surface area contributed by atoms with Crippen LogP contribution >= 0.6 is 0 Å². The number of hydrogen-bond donors (Lipinski definition) is 1. The maximum Gasteiger partial charge on any atom is 0.163 e. The Morgan fingerprint density at radius 1 is 1.47 bits per heavy atom. The average molecular weight is 270 g/mol. The first-order chi connectivity index (χ1) is 9.11. The van der Waals surface area contributed by atoms with Gasteiger partial charge in [0.05, 0.1) is 6.10 Å². The third-order valence-electron chi connectivity index (χ3n) is 3.70. The smallest absolute Gasteiger partial charge is 0.163 e. The summed E-state index contributed by atoms with van der Waals surface area (Å²) >= 11 is 0. The van der Waals surface area contributed by atoms with Crippen molar-refractivity contribution in [2.24, 2.45) is 5.73 Å². The summed E-state index contributed by atoms with van der Waals surface area (Å²) < 4.78 is 32.0. The summed E-state index contributed by atoms with van der Waals surface area (Å²) in [6.07, 6.45) is 1.90. The van der Waals surface area contributed by atoms with E-state index in [0.29, 0.717) is 6.42 Å². The zero-order valence-corrected chi connectivity index (χ0v) is 11.1. The first-order valence-corrected chi connectivity index (χ1v) is 6.56. The van der Waals surface area contributed by atoms with Crippen LogP contribution in [0.2, 0.25) is 0 Å². The average Bonchev–Trinajstić information content (AvgIpc) is 2.87. The molecule has 0 spiro atoms. The molecule has 1 aromatic carbocycles. The molecule has 0 radical (unpaired) electrons. The fourth-order valence-electron chi connectivity index (χ4n) is 2.48. The minimum Gasteiger partial charge on any atom is -0.380 e. The molecule has 1 aromatic rings. The van der Waals surface area contributed by atoms with Gasteiger partial charge in [-0.25, -0.2) is 8.78 Å². The van der Waals surface area contributed by atoms with E-state index in [4.69, 9.17) is 10.5 Å². The van der Waals surface area contributed by atoms with Crippen molar-refractivity contribution in [3.8, 4) is 0 Å². The number of nitrogens with two attached hydrogens (primary N) is 1. The van der Waals surface area contributed by atoms with Crippen LogP contribution in [0.1, 0.15) is 24.4 Å². The van der Waals surface area contributed by atoms with E-state index >= 15 is 0 Å². The molecule has 1 fully saturated rings. The summed E-state index contributed by atoms with van der Waals surface area (Å²) in [5.74, 6) is -1.67. The SMILES string of the molecule is COC1CCN(CCC(N)c2cccc(F)c2F)C1. The molecule has 1 aliphatic rings. The minimum atomic E-state index is -0.839. The van der Waals surface area contributed by atoms with Gasteiger partial charge in [-0.1, -0.05) is 12.1 Å². The van der Waals surface area contributed by atoms with Crippen LogP contribution in [-0.4, -0.2) is 37.7 Å². The van der Waals surface area contributed by atoms with E-state index in [1.54, 1.807) is 13.2 Å². The van der Waals surface area contributed by atoms with Gasteiger partial charge < -0.3 is 15.4 Å². The van der Waals surface area contributed by atoms with Crippen LogP contribution in [-0.2, 0) is 4.74 Å². The lowest BCUT2D eigenvalue weighted by atomic mass is 10.0. The van der Waals surface area contributed by atoms with E-state index in [1.165, 1.54) is 6.07 Å². The molecule has 19 heavy (non-hydrogen) atoms. The predicted octanol–water partition coefficient (Wildman–Crippen LogP) is 2.08. The summed E-state index contributed by atoms with van der Waals surface area (Å²) in [4.78, 5) is 2.24. The van der Waals surface area contributed by atoms with Gasteiger partial charge in [-0.05, 0) is 18.9 Å². The van der Waals surface area contributed by atoms with Gasteiger partial charge in [0.15, 0.2) is 11.6 Å². The highest BCUT2D eigenvalue weighted by atomic mass is 19.2. The molecule has 1 aliphatic heterocycles. The van der Waals surface area contributed by atoms with Crippen LogP contribution in [0.25, 0.3) is 0 Å². The maximum absolute atomic E-state index is 13.6. The quantitative estimate of drug-likeness (QED) is 0.890. The molecular formula is C14H20F2N2O. The van der Waals surface area contributed by atoms with Crippen LogP contribution in [0.15, 0.2) is 18.2 Å². The van der Waals surface area contributed by atoms with Crippen molar-refractivity contribution in [1.82, 2.24) is 4.90 Å². The number of halogens is 2. The second-order valence-corrected chi connectivity index (χ2v) is 4.99. The van der Waals surface area contributed by atoms with Crippen molar-refractivity contribution >= 4 is 0 Å². The molecule has 0 amide bonds. The molecular weight excluding hydrogens is 250 g/mol. The highest BCUT2D eigenvalue weighted by Gasteiger charge is 2.23. The number of methoxy groups -OCH3 is 1. The Balaban J connectivity index is 1.88. The van der Waals surface area contributed by atoms with Gasteiger partial charge in [0.25, 0.3) is 0 Å². The van der Waals surface area contributed by atoms with Gasteiger partial charge in [-0.3, -0.25) is 0 Å². The molecule has 2 N–H and O–H groups in total. The molecule has 0 bridgehead atoms. The van der Waals surface area contributed by atoms with Crippen molar-refractivity contribution in [3.05, 3.63) is 35.4 Å². The highest BCUT2D eigenvalue weighted by Crippen LogP contribution is 2.21. The Kier molecular flexibility index (Phi) is 4.85. The van der Waals surface area contributed by atoms with Crippen LogP contribution in [0.5, 0.6) is 0 Å². The number of rotatable bonds is 5. The van der Waals surface area contributed by atoms with E-state index in [1.807, 2.05) is 0 Å². The lowest BCUT2D eigenvalue weighted by Crippen LogP contribution is -2.27. The van der Waals surface area contributed by atoms with Gasteiger partial charge in [0, 0.05) is 38.3 Å². The molecule has 106 valence electrons. The maximum atomic E-state index is 13.6. The second kappa shape index (κ2) is 6.41. The first-order valence-electron chi connectivity index (χ1n) is 6.56. The fourth-order valence-corrected chi connectivity index (χ4v) is 2.48. The molecule has 0 saturated carbocycles. The molecule has 2 unspecified atom stereocenters. The second-order valence-electron chi connectivity index (χ2n) is 4.99. The van der Waals surface area contributed by atoms with E-state index in [-0.39, 0.29) is 11.7 Å².